The van der Waals surface area contributed by atoms with Crippen LogP contribution in [0.15, 0.2) is 78.9 Å². The number of esters is 1. The number of benzene rings is 4. The summed E-state index contributed by atoms with van der Waals surface area (Å²) in [6, 6.07) is 20.6. The molecular formula is C31H20Cl3NO6. The topological polar surface area (TPSA) is 90.0 Å². The molecule has 4 aromatic rings. The number of halogens is 3. The van der Waals surface area contributed by atoms with Crippen LogP contribution in [0.3, 0.4) is 0 Å². The second-order valence-electron chi connectivity index (χ2n) is 9.19. The van der Waals surface area contributed by atoms with Crippen LogP contribution < -0.4 is 9.64 Å². The molecule has 0 fully saturated rings. The lowest BCUT2D eigenvalue weighted by atomic mass is 9.99. The molecule has 0 bridgehead atoms. The minimum absolute atomic E-state index is 0.0196. The lowest BCUT2D eigenvalue weighted by Gasteiger charge is -2.20. The highest BCUT2D eigenvalue weighted by Crippen LogP contribution is 2.40. The van der Waals surface area contributed by atoms with Crippen molar-refractivity contribution in [3.8, 4) is 5.75 Å². The van der Waals surface area contributed by atoms with Gasteiger partial charge < -0.3 is 9.47 Å². The molecular weight excluding hydrogens is 589 g/mol. The van der Waals surface area contributed by atoms with Gasteiger partial charge in [-0.15, -0.1) is 0 Å². The van der Waals surface area contributed by atoms with Crippen LogP contribution in [-0.2, 0) is 4.74 Å². The van der Waals surface area contributed by atoms with Gasteiger partial charge in [-0.1, -0.05) is 95.0 Å². The van der Waals surface area contributed by atoms with E-state index in [1.54, 1.807) is 54.6 Å². The number of anilines is 1. The number of imide groups is 1. The SMILES string of the molecule is COc1cc(N2C(=O)c3cc(Cl)c(Cl)cc3C2=O)c(Cl)cc1C(=O)O[C@H](C(=O)c1ccc(C)cc1)c1ccccc1. The van der Waals surface area contributed by atoms with E-state index in [1.165, 1.54) is 31.4 Å². The summed E-state index contributed by atoms with van der Waals surface area (Å²) >= 11 is 18.6. The monoisotopic (exact) mass is 607 g/mol. The minimum atomic E-state index is -1.26. The van der Waals surface area contributed by atoms with Crippen LogP contribution in [0.4, 0.5) is 5.69 Å². The number of hydrogen-bond donors (Lipinski definition) is 0. The summed E-state index contributed by atoms with van der Waals surface area (Å²) < 4.78 is 11.2. The largest absolute Gasteiger partial charge is 0.496 e. The molecule has 0 aromatic heterocycles. The van der Waals surface area contributed by atoms with Crippen molar-refractivity contribution >= 4 is 64.1 Å². The van der Waals surface area contributed by atoms with Crippen molar-refractivity contribution in [1.29, 1.82) is 0 Å². The van der Waals surface area contributed by atoms with Crippen LogP contribution in [0.2, 0.25) is 15.1 Å². The summed E-state index contributed by atoms with van der Waals surface area (Å²) in [5.41, 5.74) is 1.79. The van der Waals surface area contributed by atoms with Gasteiger partial charge >= 0.3 is 5.97 Å². The molecule has 0 saturated heterocycles. The third kappa shape index (κ3) is 5.32. The number of methoxy groups -OCH3 is 1. The number of amides is 2. The van der Waals surface area contributed by atoms with Crippen molar-refractivity contribution in [2.45, 2.75) is 13.0 Å². The summed E-state index contributed by atoms with van der Waals surface area (Å²) in [5, 5.41) is 0.122. The van der Waals surface area contributed by atoms with E-state index in [0.717, 1.165) is 10.5 Å². The first-order chi connectivity index (χ1) is 19.6. The van der Waals surface area contributed by atoms with E-state index in [4.69, 9.17) is 44.3 Å². The zero-order valence-corrected chi connectivity index (χ0v) is 23.9. The average Bonchev–Trinajstić information content (AvgIpc) is 3.20. The van der Waals surface area contributed by atoms with Crippen molar-refractivity contribution in [3.05, 3.63) is 127 Å². The summed E-state index contributed by atoms with van der Waals surface area (Å²) in [7, 11) is 1.30. The fraction of sp³-hybridized carbons (Fsp3) is 0.0968. The molecule has 206 valence electrons. The third-order valence-corrected chi connectivity index (χ3v) is 7.58. The molecule has 5 rings (SSSR count). The Hall–Kier alpha value is -4.17. The molecule has 0 spiro atoms. The van der Waals surface area contributed by atoms with E-state index in [2.05, 4.69) is 0 Å². The lowest BCUT2D eigenvalue weighted by molar-refractivity contribution is 0.0277. The number of rotatable bonds is 7. The standard InChI is InChI=1S/C31H20Cl3NO6/c1-16-8-10-17(11-9-16)27(36)28(18-6-4-3-5-7-18)41-31(39)21-14-24(34)25(15-26(21)40-2)35-29(37)19-12-22(32)23(33)13-20(19)30(35)38/h3-15,28H,1-2H3/t28-/m0/s1. The normalized spacial score (nSPS) is 13.1. The number of nitrogens with zero attached hydrogens (tertiary/aromatic N) is 1. The zero-order valence-electron chi connectivity index (χ0n) is 21.6. The Morgan fingerprint density at radius 2 is 1.37 bits per heavy atom. The van der Waals surface area contributed by atoms with Gasteiger partial charge in [-0.3, -0.25) is 14.4 Å². The summed E-state index contributed by atoms with van der Waals surface area (Å²) in [6.07, 6.45) is -1.26. The number of aryl methyl sites for hydroxylation is 1. The number of hydrogen-bond acceptors (Lipinski definition) is 6. The Labute approximate surface area is 250 Å². The van der Waals surface area contributed by atoms with Gasteiger partial charge in [0.25, 0.3) is 11.8 Å². The highest BCUT2D eigenvalue weighted by Gasteiger charge is 2.39. The van der Waals surface area contributed by atoms with E-state index < -0.39 is 29.7 Å². The van der Waals surface area contributed by atoms with Crippen molar-refractivity contribution in [2.24, 2.45) is 0 Å². The second-order valence-corrected chi connectivity index (χ2v) is 10.4. The Kier molecular flexibility index (Phi) is 7.87. The van der Waals surface area contributed by atoms with Gasteiger partial charge in [-0.25, -0.2) is 9.69 Å². The molecule has 7 nitrogen and oxygen atoms in total. The van der Waals surface area contributed by atoms with Crippen LogP contribution in [0.5, 0.6) is 5.75 Å². The molecule has 0 unspecified atom stereocenters. The first-order valence-corrected chi connectivity index (χ1v) is 13.4. The molecule has 1 aliphatic heterocycles. The van der Waals surface area contributed by atoms with Crippen molar-refractivity contribution in [3.63, 3.8) is 0 Å². The first kappa shape index (κ1) is 28.4. The summed E-state index contributed by atoms with van der Waals surface area (Å²) in [5.74, 6) is -2.69. The maximum atomic E-state index is 13.5. The number of ketones is 1. The maximum absolute atomic E-state index is 13.5. The van der Waals surface area contributed by atoms with Gasteiger partial charge in [-0.05, 0) is 25.1 Å². The average molecular weight is 609 g/mol. The van der Waals surface area contributed by atoms with Crippen LogP contribution in [0.1, 0.15) is 58.7 Å². The predicted molar refractivity (Wildman–Crippen MR) is 156 cm³/mol. The summed E-state index contributed by atoms with van der Waals surface area (Å²) in [4.78, 5) is 54.1. The predicted octanol–water partition coefficient (Wildman–Crippen LogP) is 7.55. The Morgan fingerprint density at radius 3 is 1.93 bits per heavy atom. The fourth-order valence-corrected chi connectivity index (χ4v) is 5.01. The van der Waals surface area contributed by atoms with Gasteiger partial charge in [0.05, 0.1) is 39.0 Å². The molecule has 2 amide bonds. The zero-order chi connectivity index (χ0) is 29.4. The van der Waals surface area contributed by atoms with Crippen LogP contribution in [-0.4, -0.2) is 30.7 Å². The molecule has 10 heteroatoms. The first-order valence-electron chi connectivity index (χ1n) is 12.2. The third-order valence-electron chi connectivity index (χ3n) is 6.56. The number of carbonyl (C=O) groups is 4. The van der Waals surface area contributed by atoms with E-state index in [9.17, 15) is 19.2 Å². The molecule has 41 heavy (non-hydrogen) atoms. The van der Waals surface area contributed by atoms with Gasteiger partial charge in [-0.2, -0.15) is 0 Å². The van der Waals surface area contributed by atoms with Gasteiger partial charge in [0.1, 0.15) is 11.3 Å². The lowest BCUT2D eigenvalue weighted by Crippen LogP contribution is -2.30. The Bertz CT molecular complexity index is 1680. The number of Topliss-reactive ketones (excluding diaryl/α,β-unsaturated/α-hetero) is 1. The summed E-state index contributed by atoms with van der Waals surface area (Å²) in [6.45, 7) is 1.90. The Morgan fingerprint density at radius 1 is 0.780 bits per heavy atom. The smallest absolute Gasteiger partial charge is 0.343 e. The van der Waals surface area contributed by atoms with Crippen molar-refractivity contribution < 1.29 is 28.7 Å². The minimum Gasteiger partial charge on any atom is -0.496 e. The highest BCUT2D eigenvalue weighted by molar-refractivity contribution is 6.45. The van der Waals surface area contributed by atoms with Crippen LogP contribution in [0.25, 0.3) is 0 Å². The van der Waals surface area contributed by atoms with E-state index in [0.29, 0.717) is 11.1 Å². The van der Waals surface area contributed by atoms with Crippen LogP contribution in [0, 0.1) is 6.92 Å². The fourth-order valence-electron chi connectivity index (χ4n) is 4.44. The van der Waals surface area contributed by atoms with Crippen molar-refractivity contribution in [2.75, 3.05) is 12.0 Å². The number of carbonyl (C=O) groups excluding carboxylic acids is 4. The van der Waals surface area contributed by atoms with Gasteiger partial charge in [0.15, 0.2) is 6.10 Å². The maximum Gasteiger partial charge on any atom is 0.343 e. The van der Waals surface area contributed by atoms with Crippen molar-refractivity contribution in [1.82, 2.24) is 0 Å². The molecule has 0 radical (unpaired) electrons. The number of ether oxygens (including phenoxy) is 2. The highest BCUT2D eigenvalue weighted by atomic mass is 35.5. The molecule has 0 aliphatic carbocycles. The molecule has 1 aliphatic rings. The van der Waals surface area contributed by atoms with Gasteiger partial charge in [0, 0.05) is 17.2 Å². The quantitative estimate of drug-likeness (QED) is 0.122. The molecule has 1 heterocycles. The molecule has 4 aromatic carbocycles. The molecule has 1 atom stereocenters. The van der Waals surface area contributed by atoms with E-state index >= 15 is 0 Å². The second kappa shape index (κ2) is 11.4. The number of fused-ring (bicyclic) bond motifs is 1. The molecule has 0 saturated carbocycles. The molecule has 0 N–H and O–H groups in total. The van der Waals surface area contributed by atoms with E-state index in [-0.39, 0.29) is 43.2 Å². The van der Waals surface area contributed by atoms with Gasteiger partial charge in [0.2, 0.25) is 5.78 Å². The Balaban J connectivity index is 1.50. The van der Waals surface area contributed by atoms with E-state index in [1.807, 2.05) is 6.92 Å². The van der Waals surface area contributed by atoms with Crippen LogP contribution >= 0.6 is 34.8 Å².